The molecule has 1 amide bonds. The maximum atomic E-state index is 12.0. The van der Waals surface area contributed by atoms with Crippen molar-refractivity contribution in [1.82, 2.24) is 30.0 Å². The maximum absolute atomic E-state index is 12.0. The van der Waals surface area contributed by atoms with Crippen molar-refractivity contribution < 1.29 is 9.53 Å². The molecule has 1 aromatic heterocycles. The second-order valence-corrected chi connectivity index (χ2v) is 7.67. The number of hydrogen-bond acceptors (Lipinski definition) is 5. The number of imidazole rings is 1. The van der Waals surface area contributed by atoms with Crippen LogP contribution in [0.5, 0.6) is 0 Å². The van der Waals surface area contributed by atoms with Gasteiger partial charge in [-0.1, -0.05) is 13.8 Å². The molecule has 2 heterocycles. The molecule has 1 aromatic rings. The Morgan fingerprint density at radius 1 is 1.28 bits per heavy atom. The van der Waals surface area contributed by atoms with Gasteiger partial charge in [-0.25, -0.2) is 9.98 Å². The summed E-state index contributed by atoms with van der Waals surface area (Å²) in [4.78, 5) is 25.7. The molecule has 9 nitrogen and oxygen atoms in total. The molecule has 0 unspecified atom stereocenters. The number of aliphatic imine (C=N–C) groups is 1. The highest BCUT2D eigenvalue weighted by molar-refractivity contribution is 5.80. The summed E-state index contributed by atoms with van der Waals surface area (Å²) >= 11 is 0. The van der Waals surface area contributed by atoms with Crippen molar-refractivity contribution in [3.8, 4) is 0 Å². The minimum Gasteiger partial charge on any atom is -0.383 e. The number of piperazine rings is 1. The number of aromatic nitrogens is 2. The third kappa shape index (κ3) is 8.02. The third-order valence-corrected chi connectivity index (χ3v) is 4.74. The van der Waals surface area contributed by atoms with Gasteiger partial charge in [0.1, 0.15) is 12.4 Å². The van der Waals surface area contributed by atoms with Crippen molar-refractivity contribution >= 4 is 11.9 Å². The Hall–Kier alpha value is -2.13. The van der Waals surface area contributed by atoms with Gasteiger partial charge in [0.25, 0.3) is 0 Å². The summed E-state index contributed by atoms with van der Waals surface area (Å²) in [6, 6.07) is 0. The number of amides is 1. The highest BCUT2D eigenvalue weighted by atomic mass is 16.5. The highest BCUT2D eigenvalue weighted by Crippen LogP contribution is 2.07. The lowest BCUT2D eigenvalue weighted by Crippen LogP contribution is -2.54. The first kappa shape index (κ1) is 23.2. The van der Waals surface area contributed by atoms with E-state index in [1.165, 1.54) is 0 Å². The van der Waals surface area contributed by atoms with Crippen LogP contribution in [0.3, 0.4) is 0 Å². The molecule has 0 aromatic carbocycles. The van der Waals surface area contributed by atoms with Crippen molar-refractivity contribution in [3.05, 3.63) is 18.2 Å². The molecule has 1 aliphatic rings. The quantitative estimate of drug-likeness (QED) is 0.331. The summed E-state index contributed by atoms with van der Waals surface area (Å²) in [5.74, 6) is 2.52. The van der Waals surface area contributed by atoms with Crippen LogP contribution in [0.15, 0.2) is 17.4 Å². The monoisotopic (exact) mass is 407 g/mol. The zero-order chi connectivity index (χ0) is 21.1. The first-order valence-corrected chi connectivity index (χ1v) is 10.5. The van der Waals surface area contributed by atoms with E-state index < -0.39 is 0 Å². The number of nitrogens with zero attached hydrogens (tertiary/aromatic N) is 5. The normalized spacial score (nSPS) is 15.8. The lowest BCUT2D eigenvalue weighted by atomic mass is 10.2. The van der Waals surface area contributed by atoms with E-state index in [9.17, 15) is 4.79 Å². The largest absolute Gasteiger partial charge is 0.383 e. The lowest BCUT2D eigenvalue weighted by molar-refractivity contribution is -0.122. The molecule has 29 heavy (non-hydrogen) atoms. The number of hydrogen-bond donors (Lipinski definition) is 2. The van der Waals surface area contributed by atoms with E-state index in [2.05, 4.69) is 50.8 Å². The Morgan fingerprint density at radius 2 is 2.03 bits per heavy atom. The number of carbonyl (C=O) groups excluding carboxylic acids is 1. The Labute approximate surface area is 174 Å². The van der Waals surface area contributed by atoms with E-state index >= 15 is 0 Å². The first-order valence-electron chi connectivity index (χ1n) is 10.5. The van der Waals surface area contributed by atoms with Crippen LogP contribution in [0, 0.1) is 5.92 Å². The van der Waals surface area contributed by atoms with Crippen LogP contribution < -0.4 is 10.6 Å². The highest BCUT2D eigenvalue weighted by Gasteiger charge is 2.21. The van der Waals surface area contributed by atoms with E-state index in [1.807, 2.05) is 12.4 Å². The second kappa shape index (κ2) is 12.4. The molecule has 164 valence electrons. The van der Waals surface area contributed by atoms with Crippen LogP contribution in [0.1, 0.15) is 26.6 Å². The second-order valence-electron chi connectivity index (χ2n) is 7.67. The summed E-state index contributed by atoms with van der Waals surface area (Å²) in [6.45, 7) is 13.7. The van der Waals surface area contributed by atoms with Crippen LogP contribution in [0.25, 0.3) is 0 Å². The van der Waals surface area contributed by atoms with Gasteiger partial charge >= 0.3 is 0 Å². The summed E-state index contributed by atoms with van der Waals surface area (Å²) in [5.41, 5.74) is 0. The van der Waals surface area contributed by atoms with Crippen LogP contribution in [0.4, 0.5) is 0 Å². The number of rotatable bonds is 10. The predicted octanol–water partition coefficient (Wildman–Crippen LogP) is 0.385. The number of methoxy groups -OCH3 is 1. The van der Waals surface area contributed by atoms with Gasteiger partial charge in [-0.2, -0.15) is 0 Å². The van der Waals surface area contributed by atoms with Gasteiger partial charge < -0.3 is 24.8 Å². The molecule has 1 saturated heterocycles. The van der Waals surface area contributed by atoms with Gasteiger partial charge in [-0.3, -0.25) is 9.69 Å². The van der Waals surface area contributed by atoms with E-state index in [1.54, 1.807) is 7.11 Å². The summed E-state index contributed by atoms with van der Waals surface area (Å²) in [7, 11) is 1.63. The molecule has 0 radical (unpaired) electrons. The molecule has 0 atom stereocenters. The fourth-order valence-corrected chi connectivity index (χ4v) is 3.29. The van der Waals surface area contributed by atoms with Crippen LogP contribution in [-0.2, 0) is 22.6 Å². The number of ether oxygens (including phenoxy) is 1. The number of nitrogens with one attached hydrogen (secondary N) is 2. The molecule has 0 bridgehead atoms. The van der Waals surface area contributed by atoms with Crippen molar-refractivity contribution in [2.75, 3.05) is 59.5 Å². The Balaban J connectivity index is 1.86. The number of carbonyl (C=O) groups is 1. The van der Waals surface area contributed by atoms with Crippen molar-refractivity contribution in [2.24, 2.45) is 10.9 Å². The van der Waals surface area contributed by atoms with E-state index in [0.717, 1.165) is 51.1 Å². The van der Waals surface area contributed by atoms with Crippen LogP contribution in [0.2, 0.25) is 0 Å². The van der Waals surface area contributed by atoms with Crippen molar-refractivity contribution in [3.63, 3.8) is 0 Å². The molecule has 2 N–H and O–H groups in total. The molecule has 2 rings (SSSR count). The molecular formula is C20H37N7O2. The molecule has 0 spiro atoms. The van der Waals surface area contributed by atoms with E-state index in [-0.39, 0.29) is 5.91 Å². The smallest absolute Gasteiger partial charge is 0.234 e. The summed E-state index contributed by atoms with van der Waals surface area (Å²) in [5, 5.41) is 6.27. The zero-order valence-corrected chi connectivity index (χ0v) is 18.4. The molecule has 0 aliphatic carbocycles. The van der Waals surface area contributed by atoms with Gasteiger partial charge in [0.2, 0.25) is 5.91 Å². The molecular weight excluding hydrogens is 370 g/mol. The van der Waals surface area contributed by atoms with Gasteiger partial charge in [-0.05, 0) is 12.8 Å². The fourth-order valence-electron chi connectivity index (χ4n) is 3.29. The van der Waals surface area contributed by atoms with Gasteiger partial charge in [-0.15, -0.1) is 0 Å². The lowest BCUT2D eigenvalue weighted by Gasteiger charge is -2.36. The molecule has 1 aliphatic heterocycles. The maximum Gasteiger partial charge on any atom is 0.234 e. The molecule has 0 saturated carbocycles. The van der Waals surface area contributed by atoms with Crippen LogP contribution >= 0.6 is 0 Å². The average Bonchev–Trinajstić information content (AvgIpc) is 3.12. The minimum absolute atomic E-state index is 0.0491. The SMILES string of the molecule is CCNC(=NCc1nccn1CC(C)C)N1CCN(CC(=O)NCCOC)CC1. The average molecular weight is 408 g/mol. The Morgan fingerprint density at radius 3 is 2.69 bits per heavy atom. The zero-order valence-electron chi connectivity index (χ0n) is 18.4. The van der Waals surface area contributed by atoms with Crippen molar-refractivity contribution in [1.29, 1.82) is 0 Å². The summed E-state index contributed by atoms with van der Waals surface area (Å²) in [6.07, 6.45) is 3.87. The van der Waals surface area contributed by atoms with Gasteiger partial charge in [0.05, 0.1) is 13.2 Å². The standard InChI is InChI=1S/C20H37N7O2/c1-5-21-20(24-14-18-22-6-8-27(18)15-17(2)3)26-11-9-25(10-12-26)16-19(28)23-7-13-29-4/h6,8,17H,5,7,9-16H2,1-4H3,(H,21,24)(H,23,28). The Bertz CT molecular complexity index is 637. The topological polar surface area (TPSA) is 87.0 Å². The number of guanidine groups is 1. The molecule has 1 fully saturated rings. The van der Waals surface area contributed by atoms with Crippen molar-refractivity contribution in [2.45, 2.75) is 33.9 Å². The Kier molecular flexibility index (Phi) is 9.93. The van der Waals surface area contributed by atoms with Crippen LogP contribution in [-0.4, -0.2) is 90.7 Å². The first-order chi connectivity index (χ1) is 14.0. The van der Waals surface area contributed by atoms with Gasteiger partial charge in [0, 0.05) is 65.3 Å². The summed E-state index contributed by atoms with van der Waals surface area (Å²) < 4.78 is 7.14. The fraction of sp³-hybridized carbons (Fsp3) is 0.750. The van der Waals surface area contributed by atoms with E-state index in [4.69, 9.17) is 9.73 Å². The van der Waals surface area contributed by atoms with Gasteiger partial charge in [0.15, 0.2) is 5.96 Å². The molecule has 9 heteroatoms. The minimum atomic E-state index is 0.0491. The van der Waals surface area contributed by atoms with E-state index in [0.29, 0.717) is 32.2 Å². The predicted molar refractivity (Wildman–Crippen MR) is 115 cm³/mol. The third-order valence-electron chi connectivity index (χ3n) is 4.74.